The third-order valence-electron chi connectivity index (χ3n) is 4.94. The van der Waals surface area contributed by atoms with Crippen LogP contribution in [0.25, 0.3) is 10.2 Å². The van der Waals surface area contributed by atoms with Crippen molar-refractivity contribution in [3.05, 3.63) is 53.3 Å². The van der Waals surface area contributed by atoms with Gasteiger partial charge in [-0.05, 0) is 76.3 Å². The van der Waals surface area contributed by atoms with Gasteiger partial charge in [0, 0.05) is 6.54 Å². The highest BCUT2D eigenvalue weighted by Crippen LogP contribution is 2.33. The van der Waals surface area contributed by atoms with Gasteiger partial charge >= 0.3 is 0 Å². The summed E-state index contributed by atoms with van der Waals surface area (Å²) in [7, 11) is -0.0284. The number of nitrogens with zero attached hydrogens (tertiary/aromatic N) is 3. The first-order valence-corrected chi connectivity index (χ1v) is 12.4. The van der Waals surface area contributed by atoms with Crippen molar-refractivity contribution in [2.24, 2.45) is 0 Å². The molecule has 31 heavy (non-hydrogen) atoms. The minimum absolute atomic E-state index is 0.0773. The molecule has 0 N–H and O–H groups in total. The summed E-state index contributed by atoms with van der Waals surface area (Å²) in [5, 5.41) is 0.491. The number of fused-ring (bicyclic) bond motifs is 1. The Morgan fingerprint density at radius 2 is 1.68 bits per heavy atom. The van der Waals surface area contributed by atoms with Crippen LogP contribution in [0.2, 0.25) is 0 Å². The van der Waals surface area contributed by atoms with Gasteiger partial charge in [-0.15, -0.1) is 0 Å². The van der Waals surface area contributed by atoms with E-state index in [-0.39, 0.29) is 4.90 Å². The molecule has 9 heteroatoms. The fourth-order valence-corrected chi connectivity index (χ4v) is 5.55. The summed E-state index contributed by atoms with van der Waals surface area (Å²) in [5.41, 5.74) is 2.89. The molecule has 0 fully saturated rings. The fourth-order valence-electron chi connectivity index (χ4n) is 3.20. The van der Waals surface area contributed by atoms with Crippen molar-refractivity contribution in [2.75, 3.05) is 37.8 Å². The fraction of sp³-hybridized carbons (Fsp3) is 0.364. The van der Waals surface area contributed by atoms with Gasteiger partial charge in [-0.25, -0.2) is 17.8 Å². The van der Waals surface area contributed by atoms with Gasteiger partial charge in [0.05, 0.1) is 15.1 Å². The first kappa shape index (κ1) is 23.3. The van der Waals surface area contributed by atoms with Crippen LogP contribution in [0, 0.1) is 19.7 Å². The molecule has 0 saturated carbocycles. The van der Waals surface area contributed by atoms with Gasteiger partial charge in [0.1, 0.15) is 11.6 Å². The van der Waals surface area contributed by atoms with Gasteiger partial charge in [0.25, 0.3) is 0 Å². The Morgan fingerprint density at radius 1 is 1.03 bits per heavy atom. The van der Waals surface area contributed by atoms with E-state index in [1.165, 1.54) is 28.4 Å². The summed E-state index contributed by atoms with van der Waals surface area (Å²) in [4.78, 5) is 21.2. The molecular weight excluding hydrogens is 437 g/mol. The highest BCUT2D eigenvalue weighted by atomic mass is 32.2. The van der Waals surface area contributed by atoms with E-state index in [1.54, 1.807) is 0 Å². The minimum Gasteiger partial charge on any atom is -0.309 e. The van der Waals surface area contributed by atoms with E-state index in [2.05, 4.69) is 4.98 Å². The Hall–Kier alpha value is -2.36. The van der Waals surface area contributed by atoms with Gasteiger partial charge in [-0.3, -0.25) is 9.69 Å². The number of anilines is 1. The maximum atomic E-state index is 13.2. The highest BCUT2D eigenvalue weighted by Gasteiger charge is 2.27. The van der Waals surface area contributed by atoms with Gasteiger partial charge in [0.2, 0.25) is 5.91 Å². The smallest absolute Gasteiger partial charge is 0.244 e. The lowest BCUT2D eigenvalue weighted by Gasteiger charge is -2.21. The molecule has 0 bridgehead atoms. The summed E-state index contributed by atoms with van der Waals surface area (Å²) in [6.07, 6.45) is 0.670. The molecule has 166 valence electrons. The van der Waals surface area contributed by atoms with E-state index in [0.717, 1.165) is 40.0 Å². The lowest BCUT2D eigenvalue weighted by molar-refractivity contribution is -0.116. The molecule has 3 rings (SSSR count). The average Bonchev–Trinajstić information content (AvgIpc) is 3.14. The number of thiazole rings is 1. The van der Waals surface area contributed by atoms with Crippen LogP contribution in [0.1, 0.15) is 17.5 Å². The van der Waals surface area contributed by atoms with Gasteiger partial charge in [0.15, 0.2) is 15.0 Å². The molecule has 0 saturated heterocycles. The lowest BCUT2D eigenvalue weighted by Crippen LogP contribution is -2.37. The zero-order valence-corrected chi connectivity index (χ0v) is 19.7. The number of hydrogen-bond donors (Lipinski definition) is 0. The molecule has 6 nitrogen and oxygen atoms in total. The van der Waals surface area contributed by atoms with E-state index in [9.17, 15) is 17.6 Å². The molecule has 3 aromatic rings. The Labute approximate surface area is 186 Å². The highest BCUT2D eigenvalue weighted by molar-refractivity contribution is 7.92. The standard InChI is InChI=1S/C22H26FN3O3S2/c1-15-6-7-16(2)21-20(15)24-22(30-21)26(13-5-12-25(3)4)19(27)14-31(28,29)18-10-8-17(23)9-11-18/h6-11H,5,12-14H2,1-4H3. The average molecular weight is 464 g/mol. The van der Waals surface area contributed by atoms with Crippen LogP contribution < -0.4 is 4.90 Å². The number of halogens is 1. The molecule has 0 aliphatic rings. The monoisotopic (exact) mass is 463 g/mol. The SMILES string of the molecule is Cc1ccc(C)c2sc(N(CCCN(C)C)C(=O)CS(=O)(=O)c3ccc(F)cc3)nc12. The topological polar surface area (TPSA) is 70.6 Å². The van der Waals surface area contributed by atoms with Crippen LogP contribution in [0.5, 0.6) is 0 Å². The molecule has 0 aliphatic heterocycles. The normalized spacial score (nSPS) is 11.9. The Kier molecular flexibility index (Phi) is 7.08. The maximum absolute atomic E-state index is 13.2. The quantitative estimate of drug-likeness (QED) is 0.475. The second-order valence-electron chi connectivity index (χ2n) is 7.79. The number of aryl methyl sites for hydroxylation is 2. The summed E-state index contributed by atoms with van der Waals surface area (Å²) in [6, 6.07) is 8.50. The first-order valence-electron chi connectivity index (χ1n) is 9.88. The Morgan fingerprint density at radius 3 is 2.29 bits per heavy atom. The van der Waals surface area contributed by atoms with E-state index in [4.69, 9.17) is 0 Å². The van der Waals surface area contributed by atoms with Crippen LogP contribution in [0.3, 0.4) is 0 Å². The Bertz CT molecular complexity index is 1150. The van der Waals surface area contributed by atoms with Crippen LogP contribution in [0.4, 0.5) is 9.52 Å². The number of carbonyl (C=O) groups excluding carboxylic acids is 1. The van der Waals surface area contributed by atoms with Crippen molar-refractivity contribution >= 4 is 42.4 Å². The molecule has 0 radical (unpaired) electrons. The van der Waals surface area contributed by atoms with Gasteiger partial charge in [-0.2, -0.15) is 0 Å². The third kappa shape index (κ3) is 5.47. The van der Waals surface area contributed by atoms with Crippen molar-refractivity contribution in [1.29, 1.82) is 0 Å². The second kappa shape index (κ2) is 9.42. The molecule has 1 amide bonds. The molecule has 0 atom stereocenters. The predicted molar refractivity (Wildman–Crippen MR) is 123 cm³/mol. The first-order chi connectivity index (χ1) is 14.6. The molecule has 0 aliphatic carbocycles. The molecule has 1 heterocycles. The molecule has 2 aromatic carbocycles. The largest absolute Gasteiger partial charge is 0.309 e. The van der Waals surface area contributed by atoms with Gasteiger partial charge in [-0.1, -0.05) is 23.5 Å². The number of benzene rings is 2. The summed E-state index contributed by atoms with van der Waals surface area (Å²) >= 11 is 1.39. The van der Waals surface area contributed by atoms with E-state index in [1.807, 2.05) is 45.0 Å². The number of rotatable bonds is 8. The van der Waals surface area contributed by atoms with Crippen LogP contribution in [-0.4, -0.2) is 57.1 Å². The van der Waals surface area contributed by atoms with Crippen LogP contribution in [0.15, 0.2) is 41.3 Å². The van der Waals surface area contributed by atoms with E-state index in [0.29, 0.717) is 18.1 Å². The lowest BCUT2D eigenvalue weighted by atomic mass is 10.1. The summed E-state index contributed by atoms with van der Waals surface area (Å²) < 4.78 is 39.7. The minimum atomic E-state index is -3.91. The predicted octanol–water partition coefficient (Wildman–Crippen LogP) is 3.81. The molecular formula is C22H26FN3O3S2. The molecule has 1 aromatic heterocycles. The van der Waals surface area contributed by atoms with Crippen molar-refractivity contribution in [2.45, 2.75) is 25.2 Å². The number of amides is 1. The Balaban J connectivity index is 1.93. The van der Waals surface area contributed by atoms with E-state index >= 15 is 0 Å². The van der Waals surface area contributed by atoms with Crippen molar-refractivity contribution in [3.63, 3.8) is 0 Å². The van der Waals surface area contributed by atoms with Crippen molar-refractivity contribution in [3.8, 4) is 0 Å². The zero-order valence-electron chi connectivity index (χ0n) is 18.1. The molecule has 0 unspecified atom stereocenters. The number of aromatic nitrogens is 1. The summed E-state index contributed by atoms with van der Waals surface area (Å²) in [6.45, 7) is 5.05. The van der Waals surface area contributed by atoms with Crippen LogP contribution in [-0.2, 0) is 14.6 Å². The summed E-state index contributed by atoms with van der Waals surface area (Å²) in [5.74, 6) is -1.78. The van der Waals surface area contributed by atoms with Crippen LogP contribution >= 0.6 is 11.3 Å². The number of sulfone groups is 1. The molecule has 0 spiro atoms. The zero-order chi connectivity index (χ0) is 22.8. The number of carbonyl (C=O) groups is 1. The maximum Gasteiger partial charge on any atom is 0.244 e. The van der Waals surface area contributed by atoms with Gasteiger partial charge < -0.3 is 4.90 Å². The number of hydrogen-bond acceptors (Lipinski definition) is 6. The second-order valence-corrected chi connectivity index (χ2v) is 10.8. The van der Waals surface area contributed by atoms with Crippen molar-refractivity contribution < 1.29 is 17.6 Å². The third-order valence-corrected chi connectivity index (χ3v) is 7.77. The van der Waals surface area contributed by atoms with E-state index < -0.39 is 27.3 Å². The van der Waals surface area contributed by atoms with Crippen molar-refractivity contribution in [1.82, 2.24) is 9.88 Å².